The maximum Gasteiger partial charge on any atom is 0.119 e. The highest BCUT2D eigenvalue weighted by atomic mass is 16.5. The molecule has 0 amide bonds. The maximum absolute atomic E-state index is 5.64. The number of rotatable bonds is 7. The SMILES string of the molecule is CCCOc1cccc(CC(C)CCC)c1. The third kappa shape index (κ3) is 4.69. The predicted octanol–water partition coefficient (Wildman–Crippen LogP) is 4.45. The summed E-state index contributed by atoms with van der Waals surface area (Å²) in [7, 11) is 0. The summed E-state index contributed by atoms with van der Waals surface area (Å²) in [5, 5.41) is 0. The molecule has 0 heterocycles. The summed E-state index contributed by atoms with van der Waals surface area (Å²) in [5.74, 6) is 1.79. The molecule has 0 saturated carbocycles. The molecule has 0 N–H and O–H groups in total. The first-order chi connectivity index (χ1) is 7.76. The summed E-state index contributed by atoms with van der Waals surface area (Å²) < 4.78 is 5.64. The van der Waals surface area contributed by atoms with Gasteiger partial charge in [-0.3, -0.25) is 0 Å². The summed E-state index contributed by atoms with van der Waals surface area (Å²) in [4.78, 5) is 0. The molecule has 0 fully saturated rings. The normalized spacial score (nSPS) is 12.4. The zero-order valence-corrected chi connectivity index (χ0v) is 10.8. The molecule has 1 aromatic carbocycles. The standard InChI is InChI=1S/C15H24O/c1-4-7-13(3)11-14-8-6-9-15(12-14)16-10-5-2/h6,8-9,12-13H,4-5,7,10-11H2,1-3H3. The first kappa shape index (κ1) is 13.1. The zero-order valence-electron chi connectivity index (χ0n) is 10.8. The van der Waals surface area contributed by atoms with Gasteiger partial charge in [0.2, 0.25) is 0 Å². The van der Waals surface area contributed by atoms with Gasteiger partial charge in [-0.1, -0.05) is 45.7 Å². The Hall–Kier alpha value is -0.980. The molecule has 1 aromatic rings. The van der Waals surface area contributed by atoms with Gasteiger partial charge in [0.25, 0.3) is 0 Å². The number of benzene rings is 1. The van der Waals surface area contributed by atoms with E-state index in [1.54, 1.807) is 0 Å². The van der Waals surface area contributed by atoms with Crippen molar-refractivity contribution in [3.8, 4) is 5.75 Å². The molecule has 0 aliphatic rings. The van der Waals surface area contributed by atoms with Crippen LogP contribution in [0.25, 0.3) is 0 Å². The van der Waals surface area contributed by atoms with E-state index in [9.17, 15) is 0 Å². The van der Waals surface area contributed by atoms with Gasteiger partial charge in [0, 0.05) is 0 Å². The fraction of sp³-hybridized carbons (Fsp3) is 0.600. The third-order valence-corrected chi connectivity index (χ3v) is 2.74. The van der Waals surface area contributed by atoms with Crippen molar-refractivity contribution in [2.75, 3.05) is 6.61 Å². The molecule has 90 valence electrons. The minimum absolute atomic E-state index is 0.770. The summed E-state index contributed by atoms with van der Waals surface area (Å²) in [6.45, 7) is 7.52. The highest BCUT2D eigenvalue weighted by Gasteiger charge is 2.03. The highest BCUT2D eigenvalue weighted by molar-refractivity contribution is 5.28. The first-order valence-electron chi connectivity index (χ1n) is 6.48. The van der Waals surface area contributed by atoms with E-state index in [0.29, 0.717) is 0 Å². The maximum atomic E-state index is 5.64. The summed E-state index contributed by atoms with van der Waals surface area (Å²) >= 11 is 0. The molecule has 0 bridgehead atoms. The molecule has 1 heteroatoms. The smallest absolute Gasteiger partial charge is 0.119 e. The Morgan fingerprint density at radius 3 is 2.69 bits per heavy atom. The van der Waals surface area contributed by atoms with Crippen molar-refractivity contribution in [1.29, 1.82) is 0 Å². The molecule has 16 heavy (non-hydrogen) atoms. The lowest BCUT2D eigenvalue weighted by molar-refractivity contribution is 0.317. The van der Waals surface area contributed by atoms with E-state index < -0.39 is 0 Å². The van der Waals surface area contributed by atoms with Gasteiger partial charge in [0.05, 0.1) is 6.61 Å². The van der Waals surface area contributed by atoms with E-state index >= 15 is 0 Å². The van der Waals surface area contributed by atoms with Gasteiger partial charge in [-0.15, -0.1) is 0 Å². The Bertz CT molecular complexity index is 293. The molecule has 0 radical (unpaired) electrons. The number of ether oxygens (including phenoxy) is 1. The molecule has 0 aliphatic carbocycles. The largest absolute Gasteiger partial charge is 0.494 e. The Morgan fingerprint density at radius 2 is 2.00 bits per heavy atom. The van der Waals surface area contributed by atoms with E-state index in [1.165, 1.54) is 18.4 Å². The highest BCUT2D eigenvalue weighted by Crippen LogP contribution is 2.18. The first-order valence-corrected chi connectivity index (χ1v) is 6.48. The predicted molar refractivity (Wildman–Crippen MR) is 70.0 cm³/mol. The second-order valence-electron chi connectivity index (χ2n) is 4.59. The lowest BCUT2D eigenvalue weighted by Gasteiger charge is -2.11. The van der Waals surface area contributed by atoms with Crippen LogP contribution in [0.5, 0.6) is 5.75 Å². The fourth-order valence-corrected chi connectivity index (χ4v) is 1.98. The van der Waals surface area contributed by atoms with Crippen molar-refractivity contribution in [2.24, 2.45) is 5.92 Å². The molecule has 1 nitrogen and oxygen atoms in total. The van der Waals surface area contributed by atoms with E-state index in [1.807, 2.05) is 6.07 Å². The van der Waals surface area contributed by atoms with Gasteiger partial charge < -0.3 is 4.74 Å². The molecule has 1 unspecified atom stereocenters. The van der Waals surface area contributed by atoms with Crippen LogP contribution in [0.1, 0.15) is 45.6 Å². The van der Waals surface area contributed by atoms with Gasteiger partial charge in [-0.25, -0.2) is 0 Å². The number of hydrogen-bond acceptors (Lipinski definition) is 1. The Morgan fingerprint density at radius 1 is 1.19 bits per heavy atom. The monoisotopic (exact) mass is 220 g/mol. The number of hydrogen-bond donors (Lipinski definition) is 0. The lowest BCUT2D eigenvalue weighted by atomic mass is 9.97. The zero-order chi connectivity index (χ0) is 11.8. The van der Waals surface area contributed by atoms with Crippen LogP contribution in [-0.2, 0) is 6.42 Å². The third-order valence-electron chi connectivity index (χ3n) is 2.74. The molecule has 0 aromatic heterocycles. The Labute approximate surface area is 99.8 Å². The van der Waals surface area contributed by atoms with Crippen LogP contribution in [0, 0.1) is 5.92 Å². The van der Waals surface area contributed by atoms with E-state index in [2.05, 4.69) is 39.0 Å². The van der Waals surface area contributed by atoms with Crippen LogP contribution in [0.15, 0.2) is 24.3 Å². The van der Waals surface area contributed by atoms with Crippen LogP contribution >= 0.6 is 0 Å². The van der Waals surface area contributed by atoms with Crippen LogP contribution < -0.4 is 4.74 Å². The minimum atomic E-state index is 0.770. The second-order valence-corrected chi connectivity index (χ2v) is 4.59. The van der Waals surface area contributed by atoms with E-state index in [4.69, 9.17) is 4.74 Å². The van der Waals surface area contributed by atoms with Crippen molar-refractivity contribution < 1.29 is 4.74 Å². The molecule has 1 rings (SSSR count). The lowest BCUT2D eigenvalue weighted by Crippen LogP contribution is -2.00. The summed E-state index contributed by atoms with van der Waals surface area (Å²) in [5.41, 5.74) is 1.40. The van der Waals surface area contributed by atoms with Crippen molar-refractivity contribution in [3.63, 3.8) is 0 Å². The molecule has 1 atom stereocenters. The fourth-order valence-electron chi connectivity index (χ4n) is 1.98. The van der Waals surface area contributed by atoms with Crippen LogP contribution in [-0.4, -0.2) is 6.61 Å². The van der Waals surface area contributed by atoms with Gasteiger partial charge in [0.15, 0.2) is 0 Å². The summed E-state index contributed by atoms with van der Waals surface area (Å²) in [6.07, 6.45) is 4.81. The van der Waals surface area contributed by atoms with Crippen LogP contribution in [0.3, 0.4) is 0 Å². The van der Waals surface area contributed by atoms with Crippen molar-refractivity contribution >= 4 is 0 Å². The Balaban J connectivity index is 2.52. The average molecular weight is 220 g/mol. The molecular weight excluding hydrogens is 196 g/mol. The quantitative estimate of drug-likeness (QED) is 0.659. The van der Waals surface area contributed by atoms with Gasteiger partial charge in [-0.05, 0) is 36.5 Å². The van der Waals surface area contributed by atoms with E-state index in [0.717, 1.165) is 31.1 Å². The molecule has 0 aliphatic heterocycles. The van der Waals surface area contributed by atoms with Gasteiger partial charge >= 0.3 is 0 Å². The summed E-state index contributed by atoms with van der Waals surface area (Å²) in [6, 6.07) is 8.52. The second kappa shape index (κ2) is 7.32. The average Bonchev–Trinajstić information content (AvgIpc) is 2.27. The molecular formula is C15H24O. The Kier molecular flexibility index (Phi) is 5.99. The van der Waals surface area contributed by atoms with E-state index in [-0.39, 0.29) is 0 Å². The van der Waals surface area contributed by atoms with Gasteiger partial charge in [-0.2, -0.15) is 0 Å². The van der Waals surface area contributed by atoms with Crippen molar-refractivity contribution in [1.82, 2.24) is 0 Å². The topological polar surface area (TPSA) is 9.23 Å². The van der Waals surface area contributed by atoms with Crippen LogP contribution in [0.4, 0.5) is 0 Å². The molecule has 0 saturated heterocycles. The molecule has 0 spiro atoms. The minimum Gasteiger partial charge on any atom is -0.494 e. The van der Waals surface area contributed by atoms with Crippen molar-refractivity contribution in [2.45, 2.75) is 46.5 Å². The van der Waals surface area contributed by atoms with Gasteiger partial charge in [0.1, 0.15) is 5.75 Å². The van der Waals surface area contributed by atoms with Crippen LogP contribution in [0.2, 0.25) is 0 Å². The van der Waals surface area contributed by atoms with Crippen molar-refractivity contribution in [3.05, 3.63) is 29.8 Å².